The summed E-state index contributed by atoms with van der Waals surface area (Å²) in [5.41, 5.74) is 0. The summed E-state index contributed by atoms with van der Waals surface area (Å²) in [6.07, 6.45) is 4.89. The first kappa shape index (κ1) is 13.9. The number of rotatable bonds is 5. The lowest BCUT2D eigenvalue weighted by atomic mass is 9.87. The van der Waals surface area contributed by atoms with Crippen molar-refractivity contribution in [2.75, 3.05) is 0 Å². The highest BCUT2D eigenvalue weighted by Gasteiger charge is 2.26. The van der Waals surface area contributed by atoms with E-state index >= 15 is 0 Å². The third kappa shape index (κ3) is 3.50. The Morgan fingerprint density at radius 2 is 2.16 bits per heavy atom. The van der Waals surface area contributed by atoms with Gasteiger partial charge in [-0.1, -0.05) is 0 Å². The molecule has 1 aliphatic rings. The summed E-state index contributed by atoms with van der Waals surface area (Å²) in [6.45, 7) is -2.59. The second kappa shape index (κ2) is 6.10. The lowest BCUT2D eigenvalue weighted by Gasteiger charge is -2.26. The van der Waals surface area contributed by atoms with Crippen molar-refractivity contribution in [3.05, 3.63) is 18.2 Å². The van der Waals surface area contributed by atoms with Gasteiger partial charge in [-0.25, -0.2) is 4.98 Å². The standard InChI is InChI=1S/C12H16F2N2O3/c13-12(14)16-6-5-15-10(16)7-19-9-3-1-8(2-4-9)11(17)18/h5-6,8-9,12H,1-4,7H2,(H,17,18). The van der Waals surface area contributed by atoms with Crippen molar-refractivity contribution in [3.63, 3.8) is 0 Å². The van der Waals surface area contributed by atoms with Gasteiger partial charge in [-0.2, -0.15) is 8.78 Å². The number of aromatic nitrogens is 2. The SMILES string of the molecule is O=C(O)C1CCC(OCc2nccn2C(F)F)CC1. The van der Waals surface area contributed by atoms with E-state index in [-0.39, 0.29) is 24.5 Å². The van der Waals surface area contributed by atoms with Crippen molar-refractivity contribution in [3.8, 4) is 0 Å². The first-order valence-corrected chi connectivity index (χ1v) is 6.22. The van der Waals surface area contributed by atoms with Crippen LogP contribution in [0.3, 0.4) is 0 Å². The van der Waals surface area contributed by atoms with E-state index in [0.717, 1.165) is 4.57 Å². The summed E-state index contributed by atoms with van der Waals surface area (Å²) in [4.78, 5) is 14.6. The van der Waals surface area contributed by atoms with Crippen molar-refractivity contribution in [1.82, 2.24) is 9.55 Å². The molecule has 0 unspecified atom stereocenters. The molecule has 0 aromatic carbocycles. The lowest BCUT2D eigenvalue weighted by Crippen LogP contribution is -2.26. The molecule has 0 aliphatic heterocycles. The van der Waals surface area contributed by atoms with E-state index in [9.17, 15) is 13.6 Å². The minimum absolute atomic E-state index is 0.0275. The maximum Gasteiger partial charge on any atom is 0.320 e. The molecule has 1 aromatic rings. The van der Waals surface area contributed by atoms with Gasteiger partial charge in [0.25, 0.3) is 0 Å². The third-order valence-electron chi connectivity index (χ3n) is 3.43. The molecule has 1 fully saturated rings. The van der Waals surface area contributed by atoms with Gasteiger partial charge in [-0.15, -0.1) is 0 Å². The first-order valence-electron chi connectivity index (χ1n) is 6.22. The molecule has 7 heteroatoms. The van der Waals surface area contributed by atoms with Gasteiger partial charge in [-0.3, -0.25) is 9.36 Å². The Labute approximate surface area is 109 Å². The first-order chi connectivity index (χ1) is 9.08. The highest BCUT2D eigenvalue weighted by atomic mass is 19.3. The Kier molecular flexibility index (Phi) is 4.47. The molecule has 1 heterocycles. The van der Waals surface area contributed by atoms with Crippen molar-refractivity contribution in [2.45, 2.75) is 44.9 Å². The number of carbonyl (C=O) groups is 1. The fraction of sp³-hybridized carbons (Fsp3) is 0.667. The van der Waals surface area contributed by atoms with Gasteiger partial charge < -0.3 is 9.84 Å². The second-order valence-electron chi connectivity index (χ2n) is 4.65. The quantitative estimate of drug-likeness (QED) is 0.895. The zero-order valence-electron chi connectivity index (χ0n) is 10.3. The van der Waals surface area contributed by atoms with E-state index < -0.39 is 12.5 Å². The average Bonchev–Trinajstić information content (AvgIpc) is 2.85. The minimum atomic E-state index is -2.62. The van der Waals surface area contributed by atoms with Crippen LogP contribution in [0.4, 0.5) is 8.78 Å². The summed E-state index contributed by atoms with van der Waals surface area (Å²) in [5, 5.41) is 8.86. The number of carboxylic acids is 1. The van der Waals surface area contributed by atoms with Crippen LogP contribution in [-0.2, 0) is 16.1 Å². The molecule has 1 aliphatic carbocycles. The van der Waals surface area contributed by atoms with Crippen LogP contribution in [0.25, 0.3) is 0 Å². The minimum Gasteiger partial charge on any atom is -0.481 e. The van der Waals surface area contributed by atoms with Crippen LogP contribution in [0.15, 0.2) is 12.4 Å². The Bertz CT molecular complexity index is 428. The Morgan fingerprint density at radius 3 is 2.74 bits per heavy atom. The number of carboxylic acid groups (broad SMARTS) is 1. The number of hydrogen-bond acceptors (Lipinski definition) is 3. The summed E-state index contributed by atoms with van der Waals surface area (Å²) in [7, 11) is 0. The molecule has 0 radical (unpaired) electrons. The fourth-order valence-corrected chi connectivity index (χ4v) is 2.30. The van der Waals surface area contributed by atoms with Crippen molar-refractivity contribution >= 4 is 5.97 Å². The smallest absolute Gasteiger partial charge is 0.320 e. The van der Waals surface area contributed by atoms with Gasteiger partial charge in [0.2, 0.25) is 0 Å². The molecular formula is C12H16F2N2O3. The van der Waals surface area contributed by atoms with E-state index in [2.05, 4.69) is 4.98 Å². The predicted molar refractivity (Wildman–Crippen MR) is 61.7 cm³/mol. The lowest BCUT2D eigenvalue weighted by molar-refractivity contribution is -0.144. The van der Waals surface area contributed by atoms with E-state index in [4.69, 9.17) is 9.84 Å². The zero-order chi connectivity index (χ0) is 13.8. The van der Waals surface area contributed by atoms with E-state index in [1.807, 2.05) is 0 Å². The van der Waals surface area contributed by atoms with Crippen LogP contribution < -0.4 is 0 Å². The molecule has 0 spiro atoms. The van der Waals surface area contributed by atoms with Gasteiger partial charge in [0, 0.05) is 12.4 Å². The number of halogens is 2. The molecule has 0 amide bonds. The highest BCUT2D eigenvalue weighted by Crippen LogP contribution is 2.27. The van der Waals surface area contributed by atoms with E-state index in [0.29, 0.717) is 25.7 Å². The van der Waals surface area contributed by atoms with Crippen molar-refractivity contribution in [1.29, 1.82) is 0 Å². The molecule has 106 valence electrons. The monoisotopic (exact) mass is 274 g/mol. The highest BCUT2D eigenvalue weighted by molar-refractivity contribution is 5.70. The second-order valence-corrected chi connectivity index (χ2v) is 4.65. The Morgan fingerprint density at radius 1 is 1.47 bits per heavy atom. The number of ether oxygens (including phenoxy) is 1. The van der Waals surface area contributed by atoms with Gasteiger partial charge in [-0.05, 0) is 25.7 Å². The maximum absolute atomic E-state index is 12.6. The number of hydrogen-bond donors (Lipinski definition) is 1. The van der Waals surface area contributed by atoms with Crippen LogP contribution in [0.5, 0.6) is 0 Å². The Balaban J connectivity index is 1.80. The molecule has 0 saturated heterocycles. The normalized spacial score (nSPS) is 23.7. The van der Waals surface area contributed by atoms with Gasteiger partial charge >= 0.3 is 12.5 Å². The van der Waals surface area contributed by atoms with Crippen LogP contribution in [0, 0.1) is 5.92 Å². The fourth-order valence-electron chi connectivity index (χ4n) is 2.30. The van der Waals surface area contributed by atoms with Gasteiger partial charge in [0.1, 0.15) is 12.4 Å². The topological polar surface area (TPSA) is 64.3 Å². The van der Waals surface area contributed by atoms with Crippen LogP contribution >= 0.6 is 0 Å². The maximum atomic E-state index is 12.6. The molecule has 1 saturated carbocycles. The summed E-state index contributed by atoms with van der Waals surface area (Å²) in [6, 6.07) is 0. The molecule has 5 nitrogen and oxygen atoms in total. The van der Waals surface area contributed by atoms with Crippen LogP contribution in [0.2, 0.25) is 0 Å². The predicted octanol–water partition coefficient (Wildman–Crippen LogP) is 2.44. The number of imidazole rings is 1. The van der Waals surface area contributed by atoms with Crippen molar-refractivity contribution in [2.24, 2.45) is 5.92 Å². The Hall–Kier alpha value is -1.50. The average molecular weight is 274 g/mol. The molecule has 19 heavy (non-hydrogen) atoms. The molecular weight excluding hydrogens is 258 g/mol. The van der Waals surface area contributed by atoms with Crippen molar-refractivity contribution < 1.29 is 23.4 Å². The van der Waals surface area contributed by atoms with E-state index in [1.165, 1.54) is 12.4 Å². The number of alkyl halides is 2. The van der Waals surface area contributed by atoms with E-state index in [1.54, 1.807) is 0 Å². The number of aliphatic carboxylic acids is 1. The summed E-state index contributed by atoms with van der Waals surface area (Å²) >= 11 is 0. The molecule has 1 aromatic heterocycles. The summed E-state index contributed by atoms with van der Waals surface area (Å²) in [5.74, 6) is -0.884. The molecule has 0 bridgehead atoms. The van der Waals surface area contributed by atoms with Crippen LogP contribution in [-0.4, -0.2) is 26.7 Å². The van der Waals surface area contributed by atoms with Gasteiger partial charge in [0.15, 0.2) is 0 Å². The van der Waals surface area contributed by atoms with Crippen LogP contribution in [0.1, 0.15) is 38.1 Å². The summed E-state index contributed by atoms with van der Waals surface area (Å²) < 4.78 is 31.4. The molecule has 1 N–H and O–H groups in total. The number of nitrogens with zero attached hydrogens (tertiary/aromatic N) is 2. The third-order valence-corrected chi connectivity index (χ3v) is 3.43. The van der Waals surface area contributed by atoms with Gasteiger partial charge in [0.05, 0.1) is 12.0 Å². The zero-order valence-corrected chi connectivity index (χ0v) is 10.3. The molecule has 0 atom stereocenters. The molecule has 2 rings (SSSR count). The largest absolute Gasteiger partial charge is 0.481 e.